The van der Waals surface area contributed by atoms with E-state index >= 15 is 8.78 Å². The minimum Gasteiger partial charge on any atom is -0.435 e. The summed E-state index contributed by atoms with van der Waals surface area (Å²) in [5.74, 6) is -3.75. The first-order chi connectivity index (χ1) is 19.2. The maximum Gasteiger partial charge on any atom is 0.509 e. The number of rotatable bonds is 8. The average Bonchev–Trinajstić information content (AvgIpc) is 3.12. The molecular weight excluding hydrogens is 542 g/mol. The highest BCUT2D eigenvalue weighted by atomic mass is 19.1. The Bertz CT molecular complexity index is 1150. The molecule has 0 aromatic heterocycles. The smallest absolute Gasteiger partial charge is 0.435 e. The lowest BCUT2D eigenvalue weighted by molar-refractivity contribution is -0.226. The largest absolute Gasteiger partial charge is 0.509 e. The molecule has 3 fully saturated rings. The predicted molar refractivity (Wildman–Crippen MR) is 141 cm³/mol. The number of Topliss-reactive ketones (excluding diaryl/α,β-unsaturated/α-hetero) is 1. The van der Waals surface area contributed by atoms with Crippen molar-refractivity contribution in [3.63, 3.8) is 0 Å². The first-order valence-electron chi connectivity index (χ1n) is 14.4. The molecule has 0 aromatic rings. The standard InChI is InChI=1S/C30H40F2O9/c1-6-8-11-39-25(36)40-16-24(35)30(41-26(37)38-7-2)17(3)12-19-20-14-22(31)21-13-18(33)9-10-27(21,4)29(20,32)23(34)15-28(19,30)5/h9-10,13,17,19-20,22-23,34H,6-8,11-12,14-16H2,1-5H3/t17-,19+,20+,22+,23+,27+,28+,29+,30+/m1/s1. The molecule has 0 amide bonds. The fourth-order valence-corrected chi connectivity index (χ4v) is 8.24. The summed E-state index contributed by atoms with van der Waals surface area (Å²) >= 11 is 0. The molecule has 0 saturated heterocycles. The number of carbonyl (C=O) groups excluding carboxylic acids is 4. The minimum absolute atomic E-state index is 0.0162. The fourth-order valence-electron chi connectivity index (χ4n) is 8.24. The highest BCUT2D eigenvalue weighted by Crippen LogP contribution is 2.71. The summed E-state index contributed by atoms with van der Waals surface area (Å²) in [7, 11) is 0. The summed E-state index contributed by atoms with van der Waals surface area (Å²) < 4.78 is 54.1. The summed E-state index contributed by atoms with van der Waals surface area (Å²) in [5, 5.41) is 11.6. The second-order valence-electron chi connectivity index (χ2n) is 12.2. The molecular formula is C30H40F2O9. The van der Waals surface area contributed by atoms with E-state index in [1.165, 1.54) is 19.1 Å². The van der Waals surface area contributed by atoms with Gasteiger partial charge in [-0.3, -0.25) is 9.59 Å². The number of aliphatic hydroxyl groups excluding tert-OH is 1. The van der Waals surface area contributed by atoms with Crippen LogP contribution in [0.4, 0.5) is 18.4 Å². The summed E-state index contributed by atoms with van der Waals surface area (Å²) in [6.45, 7) is 7.52. The zero-order chi connectivity index (χ0) is 30.4. The topological polar surface area (TPSA) is 125 Å². The SMILES string of the molecule is CCCCOC(=O)OCC(=O)[C@@]1(OC(=O)OCC)[C@H](C)C[C@H]2[C@@H]3C[C@H](F)C4=CC(=O)C=C[C@]4(C)[C@@]3(F)[C@@H](O)C[C@@]21C. The Kier molecular flexibility index (Phi) is 8.44. The van der Waals surface area contributed by atoms with Crippen LogP contribution in [0.25, 0.3) is 0 Å². The summed E-state index contributed by atoms with van der Waals surface area (Å²) in [6, 6.07) is 0. The first-order valence-corrected chi connectivity index (χ1v) is 14.4. The number of hydrogen-bond donors (Lipinski definition) is 1. The van der Waals surface area contributed by atoms with Gasteiger partial charge in [-0.2, -0.15) is 0 Å². The molecule has 4 rings (SSSR count). The second kappa shape index (κ2) is 11.1. The van der Waals surface area contributed by atoms with E-state index in [0.29, 0.717) is 6.42 Å². The van der Waals surface area contributed by atoms with Gasteiger partial charge in [0, 0.05) is 22.7 Å². The molecule has 1 N–H and O–H groups in total. The van der Waals surface area contributed by atoms with Crippen molar-refractivity contribution in [2.75, 3.05) is 19.8 Å². The van der Waals surface area contributed by atoms with E-state index in [1.807, 2.05) is 6.92 Å². The van der Waals surface area contributed by atoms with Crippen LogP contribution in [0.5, 0.6) is 0 Å². The number of ether oxygens (including phenoxy) is 4. The van der Waals surface area contributed by atoms with Crippen LogP contribution in [0, 0.1) is 28.6 Å². The number of allylic oxidation sites excluding steroid dienone is 4. The van der Waals surface area contributed by atoms with E-state index in [0.717, 1.165) is 12.5 Å². The van der Waals surface area contributed by atoms with Gasteiger partial charge in [0.25, 0.3) is 0 Å². The molecule has 3 saturated carbocycles. The molecule has 0 spiro atoms. The Morgan fingerprint density at radius 3 is 2.44 bits per heavy atom. The van der Waals surface area contributed by atoms with Gasteiger partial charge in [0.15, 0.2) is 23.7 Å². The van der Waals surface area contributed by atoms with Gasteiger partial charge < -0.3 is 24.1 Å². The number of halogens is 2. The molecule has 9 nitrogen and oxygen atoms in total. The monoisotopic (exact) mass is 582 g/mol. The van der Waals surface area contributed by atoms with Crippen molar-refractivity contribution in [1.29, 1.82) is 0 Å². The Morgan fingerprint density at radius 2 is 1.78 bits per heavy atom. The molecule has 0 heterocycles. The minimum atomic E-state index is -2.37. The van der Waals surface area contributed by atoms with Gasteiger partial charge in [-0.15, -0.1) is 0 Å². The van der Waals surface area contributed by atoms with Crippen molar-refractivity contribution in [3.8, 4) is 0 Å². The Labute approximate surface area is 238 Å². The molecule has 4 aliphatic rings. The second-order valence-corrected chi connectivity index (χ2v) is 12.2. The van der Waals surface area contributed by atoms with Gasteiger partial charge in [0.2, 0.25) is 5.78 Å². The van der Waals surface area contributed by atoms with E-state index in [1.54, 1.807) is 20.8 Å². The third-order valence-electron chi connectivity index (χ3n) is 10.1. The molecule has 228 valence electrons. The van der Waals surface area contributed by atoms with Crippen LogP contribution in [0.3, 0.4) is 0 Å². The van der Waals surface area contributed by atoms with Gasteiger partial charge in [-0.1, -0.05) is 33.3 Å². The molecule has 4 aliphatic carbocycles. The van der Waals surface area contributed by atoms with Crippen LogP contribution >= 0.6 is 0 Å². The van der Waals surface area contributed by atoms with E-state index in [9.17, 15) is 24.3 Å². The molecule has 0 bridgehead atoms. The fraction of sp³-hybridized carbons (Fsp3) is 0.733. The number of alkyl halides is 2. The average molecular weight is 583 g/mol. The van der Waals surface area contributed by atoms with Crippen molar-refractivity contribution in [1.82, 2.24) is 0 Å². The van der Waals surface area contributed by atoms with E-state index in [2.05, 4.69) is 0 Å². The van der Waals surface area contributed by atoms with Crippen molar-refractivity contribution in [3.05, 3.63) is 23.8 Å². The zero-order valence-electron chi connectivity index (χ0n) is 24.2. The number of aliphatic hydroxyl groups is 1. The Morgan fingerprint density at radius 1 is 1.07 bits per heavy atom. The van der Waals surface area contributed by atoms with Crippen molar-refractivity contribution >= 4 is 23.9 Å². The maximum absolute atomic E-state index is 17.5. The van der Waals surface area contributed by atoms with Crippen LogP contribution in [-0.2, 0) is 28.5 Å². The summed E-state index contributed by atoms with van der Waals surface area (Å²) in [4.78, 5) is 50.9. The van der Waals surface area contributed by atoms with Gasteiger partial charge >= 0.3 is 12.3 Å². The number of fused-ring (bicyclic) bond motifs is 5. The van der Waals surface area contributed by atoms with Crippen LogP contribution in [0.2, 0.25) is 0 Å². The lowest BCUT2D eigenvalue weighted by Gasteiger charge is -2.63. The van der Waals surface area contributed by atoms with Crippen LogP contribution < -0.4 is 0 Å². The van der Waals surface area contributed by atoms with Gasteiger partial charge in [0.1, 0.15) is 6.17 Å². The molecule has 0 aliphatic heterocycles. The quantitative estimate of drug-likeness (QED) is 0.311. The lowest BCUT2D eigenvalue weighted by Crippen LogP contribution is -2.71. The van der Waals surface area contributed by atoms with Crippen LogP contribution in [0.1, 0.15) is 66.7 Å². The van der Waals surface area contributed by atoms with Crippen LogP contribution in [0.15, 0.2) is 23.8 Å². The number of ketones is 2. The predicted octanol–water partition coefficient (Wildman–Crippen LogP) is 4.99. The number of carbonyl (C=O) groups is 4. The normalized spacial score (nSPS) is 40.9. The van der Waals surface area contributed by atoms with Crippen molar-refractivity contribution in [2.24, 2.45) is 28.6 Å². The number of hydrogen-bond acceptors (Lipinski definition) is 9. The van der Waals surface area contributed by atoms with Gasteiger partial charge in [0.05, 0.1) is 19.3 Å². The molecule has 9 atom stereocenters. The van der Waals surface area contributed by atoms with E-state index < -0.39 is 82.6 Å². The molecule has 0 aromatic carbocycles. The zero-order valence-corrected chi connectivity index (χ0v) is 24.2. The van der Waals surface area contributed by atoms with Gasteiger partial charge in [-0.05, 0) is 63.2 Å². The van der Waals surface area contributed by atoms with Crippen molar-refractivity contribution in [2.45, 2.75) is 90.3 Å². The first kappa shape index (κ1) is 31.1. The highest BCUT2D eigenvalue weighted by Gasteiger charge is 2.78. The molecule has 41 heavy (non-hydrogen) atoms. The highest BCUT2D eigenvalue weighted by molar-refractivity contribution is 6.01. The number of unbranched alkanes of at least 4 members (excludes halogenated alkanes) is 1. The van der Waals surface area contributed by atoms with Gasteiger partial charge in [-0.25, -0.2) is 18.4 Å². The third kappa shape index (κ3) is 4.58. The van der Waals surface area contributed by atoms with Crippen molar-refractivity contribution < 1.29 is 52.0 Å². The Balaban J connectivity index is 1.74. The maximum atomic E-state index is 17.5. The van der Waals surface area contributed by atoms with E-state index in [4.69, 9.17) is 18.9 Å². The van der Waals surface area contributed by atoms with Crippen LogP contribution in [-0.4, -0.2) is 72.3 Å². The molecule has 0 unspecified atom stereocenters. The molecule has 11 heteroatoms. The lowest BCUT2D eigenvalue weighted by atomic mass is 9.44. The summed E-state index contributed by atoms with van der Waals surface area (Å²) in [6.07, 6.45) is -1.04. The third-order valence-corrected chi connectivity index (χ3v) is 10.1. The molecule has 0 radical (unpaired) electrons. The summed E-state index contributed by atoms with van der Waals surface area (Å²) in [5.41, 5.74) is -7.34. The van der Waals surface area contributed by atoms with E-state index in [-0.39, 0.29) is 38.0 Å². The Hall–Kier alpha value is -2.82.